The quantitative estimate of drug-likeness (QED) is 0.672. The highest BCUT2D eigenvalue weighted by Crippen LogP contribution is 2.10. The van der Waals surface area contributed by atoms with Crippen LogP contribution in [-0.4, -0.2) is 18.5 Å². The third-order valence-electron chi connectivity index (χ3n) is 1.94. The van der Waals surface area contributed by atoms with Gasteiger partial charge in [-0.25, -0.2) is 0 Å². The van der Waals surface area contributed by atoms with Gasteiger partial charge in [-0.2, -0.15) is 0 Å². The van der Waals surface area contributed by atoms with Crippen LogP contribution < -0.4 is 5.32 Å². The van der Waals surface area contributed by atoms with Gasteiger partial charge in [0.2, 0.25) is 0 Å². The number of anilines is 1. The lowest BCUT2D eigenvalue weighted by molar-refractivity contribution is -0.150. The second-order valence-electron chi connectivity index (χ2n) is 3.82. The minimum Gasteiger partial charge on any atom is -0.455 e. The van der Waals surface area contributed by atoms with Gasteiger partial charge in [0.1, 0.15) is 0 Å². The summed E-state index contributed by atoms with van der Waals surface area (Å²) in [6, 6.07) is 7.36. The molecule has 0 heterocycles. The molecule has 1 aromatic rings. The lowest BCUT2D eigenvalue weighted by Gasteiger charge is -2.08. The molecular formula is C12H14INO3. The summed E-state index contributed by atoms with van der Waals surface area (Å²) in [5, 5.41) is 2.64. The van der Waals surface area contributed by atoms with Crippen molar-refractivity contribution in [1.82, 2.24) is 0 Å². The highest BCUT2D eigenvalue weighted by atomic mass is 127. The monoisotopic (exact) mass is 347 g/mol. The van der Waals surface area contributed by atoms with Gasteiger partial charge in [-0.1, -0.05) is 13.8 Å². The first-order valence-corrected chi connectivity index (χ1v) is 6.29. The third kappa shape index (κ3) is 5.16. The van der Waals surface area contributed by atoms with E-state index in [-0.39, 0.29) is 24.4 Å². The van der Waals surface area contributed by atoms with E-state index in [4.69, 9.17) is 4.74 Å². The molecule has 1 N–H and O–H groups in total. The van der Waals surface area contributed by atoms with E-state index in [2.05, 4.69) is 27.9 Å². The molecule has 0 aliphatic heterocycles. The number of nitrogens with one attached hydrogen (secondary N) is 1. The average Bonchev–Trinajstić information content (AvgIpc) is 2.29. The molecular weight excluding hydrogens is 333 g/mol. The van der Waals surface area contributed by atoms with E-state index in [1.165, 1.54) is 0 Å². The van der Waals surface area contributed by atoms with Gasteiger partial charge in [0.25, 0.3) is 5.91 Å². The Kier molecular flexibility index (Phi) is 5.40. The van der Waals surface area contributed by atoms with Crippen molar-refractivity contribution < 1.29 is 14.3 Å². The number of carbonyl (C=O) groups is 2. The maximum absolute atomic E-state index is 11.4. The summed E-state index contributed by atoms with van der Waals surface area (Å²) in [7, 11) is 0. The Morgan fingerprint density at radius 2 is 1.88 bits per heavy atom. The standard InChI is InChI=1S/C12H14INO3/c1-8(2)12(16)17-7-11(15)14-10-5-3-9(13)4-6-10/h3-6,8H,7H2,1-2H3,(H,14,15). The maximum Gasteiger partial charge on any atom is 0.308 e. The largest absolute Gasteiger partial charge is 0.455 e. The fourth-order valence-electron chi connectivity index (χ4n) is 1.03. The number of rotatable bonds is 4. The SMILES string of the molecule is CC(C)C(=O)OCC(=O)Nc1ccc(I)cc1. The van der Waals surface area contributed by atoms with Crippen LogP contribution >= 0.6 is 22.6 Å². The van der Waals surface area contributed by atoms with E-state index < -0.39 is 0 Å². The number of benzene rings is 1. The smallest absolute Gasteiger partial charge is 0.308 e. The van der Waals surface area contributed by atoms with Gasteiger partial charge in [0, 0.05) is 9.26 Å². The van der Waals surface area contributed by atoms with Crippen molar-refractivity contribution in [3.8, 4) is 0 Å². The molecule has 0 saturated heterocycles. The molecule has 1 rings (SSSR count). The summed E-state index contributed by atoms with van der Waals surface area (Å²) >= 11 is 2.18. The maximum atomic E-state index is 11.4. The van der Waals surface area contributed by atoms with Crippen LogP contribution in [0.1, 0.15) is 13.8 Å². The van der Waals surface area contributed by atoms with E-state index in [9.17, 15) is 9.59 Å². The summed E-state index contributed by atoms with van der Waals surface area (Å²) in [6.07, 6.45) is 0. The van der Waals surface area contributed by atoms with Gasteiger partial charge in [-0.3, -0.25) is 9.59 Å². The molecule has 0 atom stereocenters. The minimum absolute atomic E-state index is 0.221. The van der Waals surface area contributed by atoms with Gasteiger partial charge in [0.15, 0.2) is 6.61 Å². The second-order valence-corrected chi connectivity index (χ2v) is 5.06. The zero-order valence-corrected chi connectivity index (χ0v) is 11.9. The fraction of sp³-hybridized carbons (Fsp3) is 0.333. The van der Waals surface area contributed by atoms with E-state index >= 15 is 0 Å². The summed E-state index contributed by atoms with van der Waals surface area (Å²) in [5.41, 5.74) is 0.691. The predicted molar refractivity (Wildman–Crippen MR) is 73.6 cm³/mol. The van der Waals surface area contributed by atoms with E-state index in [1.807, 2.05) is 12.1 Å². The van der Waals surface area contributed by atoms with Crippen molar-refractivity contribution in [1.29, 1.82) is 0 Å². The van der Waals surface area contributed by atoms with Crippen molar-refractivity contribution in [2.24, 2.45) is 5.92 Å². The first kappa shape index (κ1) is 14.0. The average molecular weight is 347 g/mol. The van der Waals surface area contributed by atoms with Crippen LogP contribution in [0.4, 0.5) is 5.69 Å². The normalized spacial score (nSPS) is 10.1. The lowest BCUT2D eigenvalue weighted by atomic mass is 10.2. The van der Waals surface area contributed by atoms with Crippen LogP contribution in [0, 0.1) is 9.49 Å². The molecule has 1 aromatic carbocycles. The van der Waals surface area contributed by atoms with Gasteiger partial charge >= 0.3 is 5.97 Å². The number of hydrogen-bond acceptors (Lipinski definition) is 3. The first-order valence-electron chi connectivity index (χ1n) is 5.21. The number of halogens is 1. The van der Waals surface area contributed by atoms with Crippen LogP contribution in [0.25, 0.3) is 0 Å². The van der Waals surface area contributed by atoms with Crippen molar-refractivity contribution >= 4 is 40.2 Å². The summed E-state index contributed by atoms with van der Waals surface area (Å²) < 4.78 is 5.90. The molecule has 0 fully saturated rings. The molecule has 0 unspecified atom stereocenters. The van der Waals surface area contributed by atoms with Crippen molar-refractivity contribution in [2.75, 3.05) is 11.9 Å². The Hall–Kier alpha value is -1.11. The Bertz CT molecular complexity index is 401. The molecule has 0 bridgehead atoms. The Morgan fingerprint density at radius 1 is 1.29 bits per heavy atom. The molecule has 1 amide bonds. The predicted octanol–water partition coefficient (Wildman–Crippen LogP) is 2.43. The van der Waals surface area contributed by atoms with Gasteiger partial charge in [-0.05, 0) is 46.9 Å². The number of esters is 1. The van der Waals surface area contributed by atoms with Crippen LogP contribution in [0.15, 0.2) is 24.3 Å². The Morgan fingerprint density at radius 3 is 2.41 bits per heavy atom. The van der Waals surface area contributed by atoms with Crippen LogP contribution in [0.5, 0.6) is 0 Å². The number of ether oxygens (including phenoxy) is 1. The summed E-state index contributed by atoms with van der Waals surface area (Å²) in [6.45, 7) is 3.20. The zero-order valence-electron chi connectivity index (χ0n) is 9.70. The Labute approximate surface area is 114 Å². The highest BCUT2D eigenvalue weighted by molar-refractivity contribution is 14.1. The number of carbonyl (C=O) groups excluding carboxylic acids is 2. The summed E-state index contributed by atoms with van der Waals surface area (Å²) in [4.78, 5) is 22.6. The van der Waals surface area contributed by atoms with Crippen molar-refractivity contribution in [2.45, 2.75) is 13.8 Å². The molecule has 0 aliphatic carbocycles. The molecule has 4 nitrogen and oxygen atoms in total. The topological polar surface area (TPSA) is 55.4 Å². The van der Waals surface area contributed by atoms with E-state index in [1.54, 1.807) is 26.0 Å². The third-order valence-corrected chi connectivity index (χ3v) is 2.66. The van der Waals surface area contributed by atoms with Crippen LogP contribution in [0.2, 0.25) is 0 Å². The molecule has 0 spiro atoms. The van der Waals surface area contributed by atoms with E-state index in [0.717, 1.165) is 3.57 Å². The molecule has 0 radical (unpaired) electrons. The van der Waals surface area contributed by atoms with Gasteiger partial charge < -0.3 is 10.1 Å². The fourth-order valence-corrected chi connectivity index (χ4v) is 1.39. The highest BCUT2D eigenvalue weighted by Gasteiger charge is 2.10. The number of amides is 1. The molecule has 0 aromatic heterocycles. The molecule has 0 aliphatic rings. The lowest BCUT2D eigenvalue weighted by Crippen LogP contribution is -2.22. The first-order chi connectivity index (χ1) is 7.99. The van der Waals surface area contributed by atoms with Crippen molar-refractivity contribution in [3.63, 3.8) is 0 Å². The molecule has 17 heavy (non-hydrogen) atoms. The van der Waals surface area contributed by atoms with Crippen LogP contribution in [-0.2, 0) is 14.3 Å². The molecule has 92 valence electrons. The van der Waals surface area contributed by atoms with Gasteiger partial charge in [0.05, 0.1) is 5.92 Å². The Balaban J connectivity index is 2.40. The van der Waals surface area contributed by atoms with Crippen molar-refractivity contribution in [3.05, 3.63) is 27.8 Å². The van der Waals surface area contributed by atoms with E-state index in [0.29, 0.717) is 5.69 Å². The number of hydrogen-bond donors (Lipinski definition) is 1. The summed E-state index contributed by atoms with van der Waals surface area (Å²) in [5.74, 6) is -0.927. The molecule has 5 heteroatoms. The molecule has 0 saturated carbocycles. The second kappa shape index (κ2) is 6.58. The van der Waals surface area contributed by atoms with Gasteiger partial charge in [-0.15, -0.1) is 0 Å². The van der Waals surface area contributed by atoms with Crippen LogP contribution in [0.3, 0.4) is 0 Å². The zero-order chi connectivity index (χ0) is 12.8. The minimum atomic E-state index is -0.372.